The van der Waals surface area contributed by atoms with Crippen LogP contribution >= 0.6 is 0 Å². The zero-order valence-corrected chi connectivity index (χ0v) is 21.1. The summed E-state index contributed by atoms with van der Waals surface area (Å²) in [5.74, 6) is -4.11. The lowest BCUT2D eigenvalue weighted by molar-refractivity contribution is -0.175. The number of carbonyl (C=O) groups is 4. The largest absolute Gasteiger partial charge is 0.471 e. The van der Waals surface area contributed by atoms with Gasteiger partial charge in [-0.1, -0.05) is 32.0 Å². The lowest BCUT2D eigenvalue weighted by Crippen LogP contribution is -2.56. The van der Waals surface area contributed by atoms with E-state index in [1.54, 1.807) is 17.4 Å². The van der Waals surface area contributed by atoms with E-state index in [9.17, 15) is 37.6 Å². The van der Waals surface area contributed by atoms with Crippen LogP contribution in [0.3, 0.4) is 0 Å². The molecule has 2 heterocycles. The number of nitrogens with one attached hydrogen (secondary N) is 2. The van der Waals surface area contributed by atoms with Gasteiger partial charge in [-0.05, 0) is 43.7 Å². The van der Waals surface area contributed by atoms with Gasteiger partial charge < -0.3 is 20.4 Å². The number of amides is 4. The van der Waals surface area contributed by atoms with Gasteiger partial charge >= 0.3 is 12.1 Å². The molecule has 9 nitrogen and oxygen atoms in total. The van der Waals surface area contributed by atoms with Gasteiger partial charge in [0.15, 0.2) is 0 Å². The zero-order chi connectivity index (χ0) is 27.7. The van der Waals surface area contributed by atoms with Crippen LogP contribution in [-0.4, -0.2) is 71.3 Å². The van der Waals surface area contributed by atoms with E-state index in [0.717, 1.165) is 17.4 Å². The van der Waals surface area contributed by atoms with E-state index < -0.39 is 47.4 Å². The Morgan fingerprint density at radius 2 is 1.92 bits per heavy atom. The zero-order valence-electron chi connectivity index (χ0n) is 21.1. The van der Waals surface area contributed by atoms with E-state index in [1.165, 1.54) is 11.9 Å². The Morgan fingerprint density at radius 3 is 2.51 bits per heavy atom. The molecular formula is C25H30F3N5O4. The van der Waals surface area contributed by atoms with E-state index in [-0.39, 0.29) is 31.2 Å². The SMILES string of the molecule is CC(C)CC(C(=O)N1C[C@]2(Cc3ccccc3NC2=O)C[C@H]1C#N)N(C)C(=O)C(C)NC(=O)C(F)(F)F. The quantitative estimate of drug-likeness (QED) is 0.595. The topological polar surface area (TPSA) is 123 Å². The first-order valence-corrected chi connectivity index (χ1v) is 11.9. The molecule has 3 rings (SSSR count). The number of benzene rings is 1. The summed E-state index contributed by atoms with van der Waals surface area (Å²) in [7, 11) is 1.28. The van der Waals surface area contributed by atoms with E-state index in [1.807, 2.05) is 26.0 Å². The van der Waals surface area contributed by atoms with Crippen LogP contribution < -0.4 is 10.6 Å². The van der Waals surface area contributed by atoms with Crippen molar-refractivity contribution < 1.29 is 32.3 Å². The van der Waals surface area contributed by atoms with Gasteiger partial charge in [-0.25, -0.2) is 0 Å². The summed E-state index contributed by atoms with van der Waals surface area (Å²) in [6.45, 7) is 4.69. The van der Waals surface area contributed by atoms with Crippen molar-refractivity contribution in [1.29, 1.82) is 5.26 Å². The Balaban J connectivity index is 1.85. The number of halogens is 3. The first kappa shape index (κ1) is 28.0. The van der Waals surface area contributed by atoms with Gasteiger partial charge in [0, 0.05) is 19.3 Å². The molecule has 0 aliphatic carbocycles. The fourth-order valence-corrected chi connectivity index (χ4v) is 4.98. The van der Waals surface area contributed by atoms with Crippen LogP contribution in [0.2, 0.25) is 0 Å². The maximum absolute atomic E-state index is 13.8. The van der Waals surface area contributed by atoms with Gasteiger partial charge in [-0.3, -0.25) is 19.2 Å². The molecule has 2 aliphatic heterocycles. The number of rotatable bonds is 6. The van der Waals surface area contributed by atoms with Crippen LogP contribution in [0.15, 0.2) is 24.3 Å². The fraction of sp³-hybridized carbons (Fsp3) is 0.560. The predicted molar refractivity (Wildman–Crippen MR) is 127 cm³/mol. The van der Waals surface area contributed by atoms with E-state index in [0.29, 0.717) is 12.1 Å². The molecule has 1 saturated heterocycles. The third-order valence-corrected chi connectivity index (χ3v) is 6.91. The van der Waals surface area contributed by atoms with E-state index >= 15 is 0 Å². The van der Waals surface area contributed by atoms with E-state index in [4.69, 9.17) is 0 Å². The molecule has 2 N–H and O–H groups in total. The smallest absolute Gasteiger partial charge is 0.337 e. The molecule has 2 aliphatic rings. The molecule has 37 heavy (non-hydrogen) atoms. The molecule has 0 saturated carbocycles. The number of carbonyl (C=O) groups excluding carboxylic acids is 4. The number of likely N-dealkylation sites (tertiary alicyclic amines) is 1. The Bertz CT molecular complexity index is 1130. The highest BCUT2D eigenvalue weighted by molar-refractivity contribution is 6.00. The Labute approximate surface area is 213 Å². The van der Waals surface area contributed by atoms with Crippen molar-refractivity contribution in [3.63, 3.8) is 0 Å². The molecule has 0 aromatic heterocycles. The van der Waals surface area contributed by atoms with Gasteiger partial charge in [-0.15, -0.1) is 0 Å². The number of nitriles is 1. The first-order chi connectivity index (χ1) is 17.2. The number of fused-ring (bicyclic) bond motifs is 1. The Hall–Kier alpha value is -3.62. The standard InChI is InChI=1S/C25H30F3N5O4/c1-14(2)9-19(32(4)20(34)15(3)30-23(37)25(26,27)28)21(35)33-13-24(11-17(33)12-29)10-16-7-5-6-8-18(16)31-22(24)36/h5-8,14-15,17,19H,9-11,13H2,1-4H3,(H,30,37)(H,31,36)/t15?,17-,19?,24-/m0/s1. The van der Waals surface area contributed by atoms with Crippen LogP contribution in [0.4, 0.5) is 18.9 Å². The van der Waals surface area contributed by atoms with Gasteiger partial charge in [0.2, 0.25) is 17.7 Å². The molecule has 200 valence electrons. The Morgan fingerprint density at radius 1 is 1.27 bits per heavy atom. The average Bonchev–Trinajstić information content (AvgIpc) is 3.20. The molecule has 4 amide bonds. The normalized spacial score (nSPS) is 22.6. The maximum atomic E-state index is 13.8. The fourth-order valence-electron chi connectivity index (χ4n) is 4.98. The minimum absolute atomic E-state index is 0.0405. The number of hydrogen-bond acceptors (Lipinski definition) is 5. The van der Waals surface area contributed by atoms with Crippen molar-refractivity contribution in [1.82, 2.24) is 15.1 Å². The van der Waals surface area contributed by atoms with Crippen molar-refractivity contribution in [2.45, 2.75) is 64.3 Å². The number of hydrogen-bond donors (Lipinski definition) is 2. The summed E-state index contributed by atoms with van der Waals surface area (Å²) in [4.78, 5) is 53.4. The van der Waals surface area contributed by atoms with Crippen LogP contribution in [-0.2, 0) is 25.6 Å². The highest BCUT2D eigenvalue weighted by Gasteiger charge is 2.54. The second-order valence-electron chi connectivity index (χ2n) is 10.2. The number of anilines is 1. The summed E-state index contributed by atoms with van der Waals surface area (Å²) >= 11 is 0. The third kappa shape index (κ3) is 5.70. The van der Waals surface area contributed by atoms with Gasteiger partial charge in [-0.2, -0.15) is 18.4 Å². The molecule has 12 heteroatoms. The Kier molecular flexibility index (Phi) is 7.86. The van der Waals surface area contributed by atoms with Crippen LogP contribution in [0.5, 0.6) is 0 Å². The molecule has 0 bridgehead atoms. The molecule has 4 atom stereocenters. The molecule has 1 aromatic carbocycles. The summed E-state index contributed by atoms with van der Waals surface area (Å²) in [5, 5.41) is 14.3. The number of nitrogens with zero attached hydrogens (tertiary/aromatic N) is 3. The van der Waals surface area contributed by atoms with Crippen LogP contribution in [0.25, 0.3) is 0 Å². The predicted octanol–water partition coefficient (Wildman–Crippen LogP) is 2.23. The molecule has 0 radical (unpaired) electrons. The van der Waals surface area contributed by atoms with E-state index in [2.05, 4.69) is 11.4 Å². The number of likely N-dealkylation sites (N-methyl/N-ethyl adjacent to an activating group) is 1. The lowest BCUT2D eigenvalue weighted by atomic mass is 9.76. The van der Waals surface area contributed by atoms with Crippen LogP contribution in [0, 0.1) is 22.7 Å². The van der Waals surface area contributed by atoms with Crippen molar-refractivity contribution >= 4 is 29.3 Å². The van der Waals surface area contributed by atoms with Gasteiger partial charge in [0.1, 0.15) is 18.1 Å². The number of alkyl halides is 3. The second-order valence-corrected chi connectivity index (χ2v) is 10.2. The lowest BCUT2D eigenvalue weighted by Gasteiger charge is -2.36. The third-order valence-electron chi connectivity index (χ3n) is 6.91. The monoisotopic (exact) mass is 521 g/mol. The minimum atomic E-state index is -5.16. The van der Waals surface area contributed by atoms with Gasteiger partial charge in [0.25, 0.3) is 0 Å². The minimum Gasteiger partial charge on any atom is -0.337 e. The summed E-state index contributed by atoms with van der Waals surface area (Å²) < 4.78 is 38.0. The summed E-state index contributed by atoms with van der Waals surface area (Å²) in [5.41, 5.74) is 0.534. The second kappa shape index (κ2) is 10.4. The highest BCUT2D eigenvalue weighted by atomic mass is 19.4. The average molecular weight is 522 g/mol. The molecule has 1 spiro atoms. The van der Waals surface area contributed by atoms with Crippen LogP contribution in [0.1, 0.15) is 39.2 Å². The first-order valence-electron chi connectivity index (χ1n) is 11.9. The number of para-hydroxylation sites is 1. The molecule has 1 fully saturated rings. The highest BCUT2D eigenvalue weighted by Crippen LogP contribution is 2.43. The molecule has 2 unspecified atom stereocenters. The molecule has 1 aromatic rings. The van der Waals surface area contributed by atoms with Crippen molar-refractivity contribution in [2.75, 3.05) is 18.9 Å². The van der Waals surface area contributed by atoms with Crippen molar-refractivity contribution in [3.05, 3.63) is 29.8 Å². The van der Waals surface area contributed by atoms with Crippen molar-refractivity contribution in [3.8, 4) is 6.07 Å². The summed E-state index contributed by atoms with van der Waals surface area (Å²) in [6, 6.07) is 5.79. The summed E-state index contributed by atoms with van der Waals surface area (Å²) in [6.07, 6.45) is -4.55. The molecular weight excluding hydrogens is 491 g/mol. The van der Waals surface area contributed by atoms with Gasteiger partial charge in [0.05, 0.1) is 11.5 Å². The maximum Gasteiger partial charge on any atom is 0.471 e. The van der Waals surface area contributed by atoms with Crippen molar-refractivity contribution in [2.24, 2.45) is 11.3 Å².